The molecule has 0 bridgehead atoms. The van der Waals surface area contributed by atoms with Gasteiger partial charge in [0.1, 0.15) is 18.0 Å². The first-order valence-corrected chi connectivity index (χ1v) is 10.1. The zero-order chi connectivity index (χ0) is 20.3. The van der Waals surface area contributed by atoms with E-state index in [0.29, 0.717) is 19.5 Å². The monoisotopic (exact) mass is 386 g/mol. The van der Waals surface area contributed by atoms with Crippen LogP contribution in [-0.2, 0) is 29.9 Å². The number of hydrogen-bond acceptors (Lipinski definition) is 4. The molecule has 1 aromatic carbocycles. The summed E-state index contributed by atoms with van der Waals surface area (Å²) in [5, 5.41) is 15.5. The molecular weight excluding hydrogens is 356 g/mol. The third-order valence-electron chi connectivity index (χ3n) is 5.60. The summed E-state index contributed by atoms with van der Waals surface area (Å²) in [5.74, 6) is 0.550. The molecule has 7 nitrogen and oxygen atoms in total. The van der Waals surface area contributed by atoms with Crippen molar-refractivity contribution >= 4 is 5.91 Å². The first-order valence-electron chi connectivity index (χ1n) is 10.1. The van der Waals surface area contributed by atoms with Crippen molar-refractivity contribution in [1.29, 1.82) is 0 Å². The SMILES string of the molecule is CCCCc1nn(CC(=O)N2CC[C@](O)(c3ccccc3C)C2)c(=O)n1CC. The van der Waals surface area contributed by atoms with Crippen LogP contribution in [0.3, 0.4) is 0 Å². The van der Waals surface area contributed by atoms with Crippen molar-refractivity contribution in [2.75, 3.05) is 13.1 Å². The molecule has 0 unspecified atom stereocenters. The maximum atomic E-state index is 12.8. The van der Waals surface area contributed by atoms with Crippen LogP contribution in [-0.4, -0.2) is 43.4 Å². The van der Waals surface area contributed by atoms with E-state index in [2.05, 4.69) is 12.0 Å². The van der Waals surface area contributed by atoms with E-state index in [1.807, 2.05) is 38.1 Å². The van der Waals surface area contributed by atoms with Gasteiger partial charge >= 0.3 is 5.69 Å². The fraction of sp³-hybridized carbons (Fsp3) is 0.571. The van der Waals surface area contributed by atoms with Gasteiger partial charge in [0.25, 0.3) is 0 Å². The van der Waals surface area contributed by atoms with Gasteiger partial charge in [-0.2, -0.15) is 5.10 Å². The minimum atomic E-state index is -1.04. The number of nitrogens with zero attached hydrogens (tertiary/aromatic N) is 4. The minimum absolute atomic E-state index is 0.0885. The van der Waals surface area contributed by atoms with E-state index in [1.165, 1.54) is 4.68 Å². The molecule has 1 atom stereocenters. The Morgan fingerprint density at radius 2 is 2.04 bits per heavy atom. The van der Waals surface area contributed by atoms with Gasteiger partial charge in [-0.3, -0.25) is 9.36 Å². The smallest absolute Gasteiger partial charge is 0.346 e. The molecule has 1 amide bonds. The van der Waals surface area contributed by atoms with Gasteiger partial charge in [-0.05, 0) is 37.8 Å². The van der Waals surface area contributed by atoms with E-state index >= 15 is 0 Å². The highest BCUT2D eigenvalue weighted by Crippen LogP contribution is 2.33. The molecular formula is C21H30N4O3. The molecule has 2 aromatic rings. The number of unbranched alkanes of at least 4 members (excludes halogenated alkanes) is 1. The number of likely N-dealkylation sites (tertiary alicyclic amines) is 1. The van der Waals surface area contributed by atoms with E-state index in [0.717, 1.165) is 36.2 Å². The summed E-state index contributed by atoms with van der Waals surface area (Å²) < 4.78 is 2.90. The summed E-state index contributed by atoms with van der Waals surface area (Å²) in [7, 11) is 0. The van der Waals surface area contributed by atoms with Crippen LogP contribution in [0.1, 0.15) is 50.1 Å². The number of aliphatic hydroxyl groups is 1. The molecule has 1 aromatic heterocycles. The molecule has 3 rings (SSSR count). The molecule has 0 saturated carbocycles. The van der Waals surface area contributed by atoms with Gasteiger partial charge in [0.15, 0.2) is 0 Å². The highest BCUT2D eigenvalue weighted by molar-refractivity contribution is 5.76. The van der Waals surface area contributed by atoms with Gasteiger partial charge in [0, 0.05) is 19.5 Å². The fourth-order valence-corrected chi connectivity index (χ4v) is 3.98. The van der Waals surface area contributed by atoms with Crippen molar-refractivity contribution in [3.05, 3.63) is 51.7 Å². The van der Waals surface area contributed by atoms with Gasteiger partial charge in [-0.1, -0.05) is 37.6 Å². The standard InChI is InChI=1S/C21H30N4O3/c1-4-6-11-18-22-25(20(27)24(18)5-2)14-19(26)23-13-12-21(28,15-23)17-10-8-7-9-16(17)3/h7-10,28H,4-6,11-15H2,1-3H3/t21-/m1/s1. The normalized spacial score (nSPS) is 19.4. The number of amides is 1. The summed E-state index contributed by atoms with van der Waals surface area (Å²) in [6, 6.07) is 7.72. The molecule has 7 heteroatoms. The molecule has 0 radical (unpaired) electrons. The summed E-state index contributed by atoms with van der Waals surface area (Å²) >= 11 is 0. The highest BCUT2D eigenvalue weighted by atomic mass is 16.3. The third kappa shape index (κ3) is 3.90. The Balaban J connectivity index is 1.73. The summed E-state index contributed by atoms with van der Waals surface area (Å²) in [4.78, 5) is 27.0. The molecule has 2 heterocycles. The quantitative estimate of drug-likeness (QED) is 0.787. The van der Waals surface area contributed by atoms with Crippen molar-refractivity contribution in [2.45, 2.75) is 65.1 Å². The van der Waals surface area contributed by atoms with E-state index in [-0.39, 0.29) is 24.7 Å². The molecule has 1 N–H and O–H groups in total. The number of carbonyl (C=O) groups is 1. The minimum Gasteiger partial charge on any atom is -0.383 e. The number of rotatable bonds is 7. The number of carbonyl (C=O) groups excluding carboxylic acids is 1. The van der Waals surface area contributed by atoms with E-state index in [9.17, 15) is 14.7 Å². The second kappa shape index (κ2) is 8.31. The van der Waals surface area contributed by atoms with Crippen LogP contribution < -0.4 is 5.69 Å². The first-order chi connectivity index (χ1) is 13.4. The Morgan fingerprint density at radius 3 is 2.71 bits per heavy atom. The molecule has 152 valence electrons. The predicted octanol–water partition coefficient (Wildman–Crippen LogP) is 1.84. The number of aromatic nitrogens is 3. The largest absolute Gasteiger partial charge is 0.383 e. The molecule has 1 aliphatic rings. The molecule has 28 heavy (non-hydrogen) atoms. The average Bonchev–Trinajstić information content (AvgIpc) is 3.21. The zero-order valence-corrected chi connectivity index (χ0v) is 17.0. The number of hydrogen-bond donors (Lipinski definition) is 1. The average molecular weight is 386 g/mol. The van der Waals surface area contributed by atoms with E-state index in [4.69, 9.17) is 0 Å². The Hall–Kier alpha value is -2.41. The van der Waals surface area contributed by atoms with Gasteiger partial charge < -0.3 is 10.0 Å². The van der Waals surface area contributed by atoms with Gasteiger partial charge in [-0.15, -0.1) is 0 Å². The first kappa shape index (κ1) is 20.3. The van der Waals surface area contributed by atoms with Crippen LogP contribution in [0.25, 0.3) is 0 Å². The Morgan fingerprint density at radius 1 is 1.29 bits per heavy atom. The number of aryl methyl sites for hydroxylation is 2. The van der Waals surface area contributed by atoms with Gasteiger partial charge in [0.2, 0.25) is 5.91 Å². The fourth-order valence-electron chi connectivity index (χ4n) is 3.98. The highest BCUT2D eigenvalue weighted by Gasteiger charge is 2.40. The lowest BCUT2D eigenvalue weighted by Gasteiger charge is -2.25. The van der Waals surface area contributed by atoms with Crippen molar-refractivity contribution in [3.63, 3.8) is 0 Å². The molecule has 1 fully saturated rings. The lowest BCUT2D eigenvalue weighted by Crippen LogP contribution is -2.38. The van der Waals surface area contributed by atoms with Gasteiger partial charge in [0.05, 0.1) is 6.54 Å². The zero-order valence-electron chi connectivity index (χ0n) is 17.0. The van der Waals surface area contributed by atoms with E-state index in [1.54, 1.807) is 9.47 Å². The topological polar surface area (TPSA) is 80.4 Å². The van der Waals surface area contributed by atoms with Crippen LogP contribution in [0, 0.1) is 6.92 Å². The Bertz CT molecular complexity index is 901. The second-order valence-electron chi connectivity index (χ2n) is 7.62. The predicted molar refractivity (Wildman–Crippen MR) is 107 cm³/mol. The van der Waals surface area contributed by atoms with Crippen molar-refractivity contribution in [2.24, 2.45) is 0 Å². The Kier molecular flexibility index (Phi) is 6.03. The molecule has 1 saturated heterocycles. The molecule has 0 spiro atoms. The number of β-amino-alcohol motifs (C(OH)–C–C–N with tert-alkyl or cyclic N) is 1. The molecule has 1 aliphatic heterocycles. The molecule has 0 aliphatic carbocycles. The van der Waals surface area contributed by atoms with Crippen LogP contribution in [0.5, 0.6) is 0 Å². The Labute approximate surface area is 165 Å². The number of benzene rings is 1. The van der Waals surface area contributed by atoms with Crippen LogP contribution in [0.4, 0.5) is 0 Å². The third-order valence-corrected chi connectivity index (χ3v) is 5.60. The maximum Gasteiger partial charge on any atom is 0.346 e. The van der Waals surface area contributed by atoms with E-state index < -0.39 is 5.60 Å². The maximum absolute atomic E-state index is 12.8. The van der Waals surface area contributed by atoms with Crippen LogP contribution >= 0.6 is 0 Å². The summed E-state index contributed by atoms with van der Waals surface area (Å²) in [5.41, 5.74) is 0.591. The lowest BCUT2D eigenvalue weighted by atomic mass is 9.89. The van der Waals surface area contributed by atoms with Crippen LogP contribution in [0.2, 0.25) is 0 Å². The summed E-state index contributed by atoms with van der Waals surface area (Å²) in [6.45, 7) is 7.13. The van der Waals surface area contributed by atoms with Crippen molar-refractivity contribution < 1.29 is 9.90 Å². The summed E-state index contributed by atoms with van der Waals surface area (Å²) in [6.07, 6.45) is 3.20. The lowest BCUT2D eigenvalue weighted by molar-refractivity contribution is -0.132. The van der Waals surface area contributed by atoms with Crippen molar-refractivity contribution in [1.82, 2.24) is 19.2 Å². The van der Waals surface area contributed by atoms with Crippen LogP contribution in [0.15, 0.2) is 29.1 Å². The van der Waals surface area contributed by atoms with Crippen molar-refractivity contribution in [3.8, 4) is 0 Å². The van der Waals surface area contributed by atoms with Gasteiger partial charge in [-0.25, -0.2) is 9.48 Å². The second-order valence-corrected chi connectivity index (χ2v) is 7.62.